The molecular formula is C29H28N4O3. The molecule has 0 saturated carbocycles. The first-order valence-electron chi connectivity index (χ1n) is 12.1. The molecule has 2 atom stereocenters. The zero-order valence-corrected chi connectivity index (χ0v) is 20.7. The summed E-state index contributed by atoms with van der Waals surface area (Å²) in [5.41, 5.74) is 6.28. The van der Waals surface area contributed by atoms with Crippen molar-refractivity contribution in [3.05, 3.63) is 101 Å². The van der Waals surface area contributed by atoms with Crippen LogP contribution in [-0.2, 0) is 0 Å². The van der Waals surface area contributed by atoms with Crippen LogP contribution in [0.5, 0.6) is 17.2 Å². The molecule has 4 aromatic rings. The molecule has 182 valence electrons. The summed E-state index contributed by atoms with van der Waals surface area (Å²) in [6.07, 6.45) is 1.14. The van der Waals surface area contributed by atoms with E-state index in [1.807, 2.05) is 41.1 Å². The van der Waals surface area contributed by atoms with Gasteiger partial charge in [0.1, 0.15) is 18.1 Å². The van der Waals surface area contributed by atoms with Gasteiger partial charge in [-0.05, 0) is 35.2 Å². The number of hydrogen-bond acceptors (Lipinski definition) is 6. The Morgan fingerprint density at radius 2 is 1.75 bits per heavy atom. The van der Waals surface area contributed by atoms with Crippen LogP contribution in [0.25, 0.3) is 5.70 Å². The highest BCUT2D eigenvalue weighted by Crippen LogP contribution is 2.52. The first kappa shape index (κ1) is 22.2. The molecule has 2 aliphatic heterocycles. The lowest BCUT2D eigenvalue weighted by atomic mass is 9.84. The maximum Gasteiger partial charge on any atom is 0.226 e. The first-order valence-corrected chi connectivity index (χ1v) is 12.1. The fraction of sp³-hybridized carbons (Fsp3) is 0.241. The van der Waals surface area contributed by atoms with E-state index in [2.05, 4.69) is 59.6 Å². The smallest absolute Gasteiger partial charge is 0.226 e. The Balaban J connectivity index is 1.61. The average Bonchev–Trinajstić information content (AvgIpc) is 3.39. The minimum Gasteiger partial charge on any atom is -0.493 e. The van der Waals surface area contributed by atoms with Crippen molar-refractivity contribution in [1.29, 1.82) is 0 Å². The Morgan fingerprint density at radius 3 is 2.50 bits per heavy atom. The van der Waals surface area contributed by atoms with Crippen LogP contribution in [0.2, 0.25) is 0 Å². The van der Waals surface area contributed by atoms with Crippen molar-refractivity contribution in [2.24, 2.45) is 0 Å². The second kappa shape index (κ2) is 8.75. The number of benzene rings is 3. The van der Waals surface area contributed by atoms with Crippen molar-refractivity contribution in [3.8, 4) is 17.2 Å². The molecule has 0 saturated heterocycles. The number of ether oxygens (including phenoxy) is 3. The van der Waals surface area contributed by atoms with Crippen LogP contribution in [0, 0.1) is 0 Å². The number of fused-ring (bicyclic) bond motifs is 3. The SMILES string of the molecule is COc1cccc([C@@H]2Oc3ccccc3C3=C2[C@@H](c2ccc(C(C)C)cc2)n2ncnc2N3)c1OC. The molecule has 36 heavy (non-hydrogen) atoms. The lowest BCUT2D eigenvalue weighted by Gasteiger charge is -2.39. The lowest BCUT2D eigenvalue weighted by Crippen LogP contribution is -2.32. The van der Waals surface area contributed by atoms with Gasteiger partial charge in [0.25, 0.3) is 0 Å². The van der Waals surface area contributed by atoms with E-state index in [-0.39, 0.29) is 6.04 Å². The lowest BCUT2D eigenvalue weighted by molar-refractivity contribution is 0.216. The maximum atomic E-state index is 6.74. The van der Waals surface area contributed by atoms with E-state index in [1.165, 1.54) is 5.56 Å². The standard InChI is InChI=1S/C29H28N4O3/c1-17(2)18-12-14-19(15-13-18)26-24-25(32-29-30-16-31-33(26)29)20-8-5-6-10-22(20)36-28(24)21-9-7-11-23(34-3)27(21)35-4/h5-17,26,28H,1-4H3,(H,30,31,32)/t26-,28+/m1/s1. The Morgan fingerprint density at radius 1 is 0.944 bits per heavy atom. The molecule has 7 heteroatoms. The van der Waals surface area contributed by atoms with Crippen LogP contribution in [0.4, 0.5) is 5.95 Å². The molecule has 0 spiro atoms. The fourth-order valence-electron chi connectivity index (χ4n) is 5.18. The summed E-state index contributed by atoms with van der Waals surface area (Å²) in [6, 6.07) is 22.5. The van der Waals surface area contributed by atoms with Gasteiger partial charge in [0, 0.05) is 16.7 Å². The zero-order chi connectivity index (χ0) is 24.8. The van der Waals surface area contributed by atoms with E-state index >= 15 is 0 Å². The number of aromatic nitrogens is 3. The fourth-order valence-corrected chi connectivity index (χ4v) is 5.18. The van der Waals surface area contributed by atoms with Crippen LogP contribution in [-0.4, -0.2) is 29.0 Å². The summed E-state index contributed by atoms with van der Waals surface area (Å²) < 4.78 is 20.1. The number of nitrogens with zero attached hydrogens (tertiary/aromatic N) is 3. The third kappa shape index (κ3) is 3.42. The maximum absolute atomic E-state index is 6.74. The molecule has 6 rings (SSSR count). The molecule has 2 aliphatic rings. The summed E-state index contributed by atoms with van der Waals surface area (Å²) in [5.74, 6) is 3.24. The molecule has 0 amide bonds. The quantitative estimate of drug-likeness (QED) is 0.379. The number of anilines is 1. The highest BCUT2D eigenvalue weighted by Gasteiger charge is 2.42. The minimum atomic E-state index is -0.445. The monoisotopic (exact) mass is 480 g/mol. The topological polar surface area (TPSA) is 70.4 Å². The Hall–Kier alpha value is -4.26. The van der Waals surface area contributed by atoms with Crippen LogP contribution in [0.3, 0.4) is 0 Å². The van der Waals surface area contributed by atoms with Gasteiger partial charge in [0.15, 0.2) is 17.6 Å². The number of methoxy groups -OCH3 is 2. The number of hydrogen-bond donors (Lipinski definition) is 1. The normalized spacial score (nSPS) is 18.0. The second-order valence-corrected chi connectivity index (χ2v) is 9.28. The molecule has 1 aromatic heterocycles. The van der Waals surface area contributed by atoms with Crippen molar-refractivity contribution < 1.29 is 14.2 Å². The van der Waals surface area contributed by atoms with Crippen LogP contribution in [0.1, 0.15) is 54.2 Å². The molecule has 0 unspecified atom stereocenters. The summed E-state index contributed by atoms with van der Waals surface area (Å²) in [7, 11) is 3.30. The molecule has 0 bridgehead atoms. The summed E-state index contributed by atoms with van der Waals surface area (Å²) >= 11 is 0. The Bertz CT molecular complexity index is 1460. The van der Waals surface area contributed by atoms with Crippen molar-refractivity contribution >= 4 is 11.6 Å². The van der Waals surface area contributed by atoms with Gasteiger partial charge in [-0.2, -0.15) is 10.1 Å². The number of rotatable bonds is 5. The van der Waals surface area contributed by atoms with Gasteiger partial charge in [0.05, 0.1) is 19.9 Å². The van der Waals surface area contributed by atoms with Crippen LogP contribution < -0.4 is 19.5 Å². The van der Waals surface area contributed by atoms with Crippen molar-refractivity contribution in [3.63, 3.8) is 0 Å². The molecule has 0 fully saturated rings. The van der Waals surface area contributed by atoms with E-state index in [1.54, 1.807) is 20.5 Å². The first-order chi connectivity index (χ1) is 17.6. The molecule has 3 aromatic carbocycles. The summed E-state index contributed by atoms with van der Waals surface area (Å²) in [5, 5.41) is 8.17. The van der Waals surface area contributed by atoms with Crippen LogP contribution >= 0.6 is 0 Å². The largest absolute Gasteiger partial charge is 0.493 e. The van der Waals surface area contributed by atoms with Gasteiger partial charge < -0.3 is 19.5 Å². The van der Waals surface area contributed by atoms with E-state index in [4.69, 9.17) is 14.2 Å². The molecule has 7 nitrogen and oxygen atoms in total. The van der Waals surface area contributed by atoms with Gasteiger partial charge in [-0.25, -0.2) is 4.68 Å². The Kier molecular flexibility index (Phi) is 5.40. The predicted molar refractivity (Wildman–Crippen MR) is 139 cm³/mol. The van der Waals surface area contributed by atoms with Gasteiger partial charge in [-0.15, -0.1) is 0 Å². The van der Waals surface area contributed by atoms with E-state index in [0.717, 1.165) is 33.7 Å². The van der Waals surface area contributed by atoms with Gasteiger partial charge in [-0.1, -0.05) is 62.4 Å². The van der Waals surface area contributed by atoms with Crippen molar-refractivity contribution in [2.45, 2.75) is 31.9 Å². The molecule has 3 heterocycles. The Labute approximate surface area is 210 Å². The predicted octanol–water partition coefficient (Wildman–Crippen LogP) is 5.98. The zero-order valence-electron chi connectivity index (χ0n) is 20.7. The van der Waals surface area contributed by atoms with E-state index < -0.39 is 6.10 Å². The summed E-state index contributed by atoms with van der Waals surface area (Å²) in [6.45, 7) is 4.40. The third-order valence-corrected chi connectivity index (χ3v) is 6.96. The average molecular weight is 481 g/mol. The number of nitrogens with one attached hydrogen (secondary N) is 1. The molecular weight excluding hydrogens is 452 g/mol. The second-order valence-electron chi connectivity index (χ2n) is 9.28. The minimum absolute atomic E-state index is 0.228. The van der Waals surface area contributed by atoms with E-state index in [9.17, 15) is 0 Å². The molecule has 0 aliphatic carbocycles. The third-order valence-electron chi connectivity index (χ3n) is 6.96. The van der Waals surface area contributed by atoms with E-state index in [0.29, 0.717) is 23.4 Å². The molecule has 1 N–H and O–H groups in total. The van der Waals surface area contributed by atoms with Crippen LogP contribution in [0.15, 0.2) is 78.6 Å². The molecule has 0 radical (unpaired) electrons. The van der Waals surface area contributed by atoms with Crippen molar-refractivity contribution in [2.75, 3.05) is 19.5 Å². The van der Waals surface area contributed by atoms with Gasteiger partial charge in [-0.3, -0.25) is 0 Å². The highest BCUT2D eigenvalue weighted by molar-refractivity contribution is 5.85. The summed E-state index contributed by atoms with van der Waals surface area (Å²) in [4.78, 5) is 4.52. The van der Waals surface area contributed by atoms with Gasteiger partial charge in [0.2, 0.25) is 5.95 Å². The highest BCUT2D eigenvalue weighted by atomic mass is 16.5. The van der Waals surface area contributed by atoms with Gasteiger partial charge >= 0.3 is 0 Å². The number of para-hydroxylation sites is 2. The van der Waals surface area contributed by atoms with Crippen molar-refractivity contribution in [1.82, 2.24) is 14.8 Å².